The second-order valence-electron chi connectivity index (χ2n) is 8.45. The molecule has 1 fully saturated rings. The molecule has 2 aromatic carbocycles. The van der Waals surface area contributed by atoms with E-state index in [1.165, 1.54) is 17.8 Å². The van der Waals surface area contributed by atoms with Crippen LogP contribution < -0.4 is 4.74 Å². The van der Waals surface area contributed by atoms with Gasteiger partial charge in [-0.25, -0.2) is 4.39 Å². The van der Waals surface area contributed by atoms with E-state index in [4.69, 9.17) is 9.47 Å². The number of ether oxygens (including phenoxy) is 2. The van der Waals surface area contributed by atoms with Gasteiger partial charge in [0.2, 0.25) is 0 Å². The summed E-state index contributed by atoms with van der Waals surface area (Å²) in [5, 5.41) is 41.4. The van der Waals surface area contributed by atoms with Gasteiger partial charge in [0.25, 0.3) is 0 Å². The van der Waals surface area contributed by atoms with Crippen LogP contribution in [0.15, 0.2) is 52.4 Å². The topological polar surface area (TPSA) is 104 Å². The number of aliphatic hydroxyl groups is 4. The molecule has 178 valence electrons. The van der Waals surface area contributed by atoms with E-state index in [2.05, 4.69) is 0 Å². The molecule has 1 aromatic heterocycles. The van der Waals surface area contributed by atoms with Crippen molar-refractivity contribution < 1.29 is 34.3 Å². The number of hydrogen-bond donors (Lipinski definition) is 4. The lowest BCUT2D eigenvalue weighted by atomic mass is 9.98. The summed E-state index contributed by atoms with van der Waals surface area (Å²) >= 11 is 1.22. The van der Waals surface area contributed by atoms with Crippen LogP contribution in [0.25, 0.3) is 10.9 Å². The first-order chi connectivity index (χ1) is 15.7. The number of halogens is 1. The number of para-hydroxylation sites is 1. The average molecular weight is 478 g/mol. The third-order valence-corrected chi connectivity index (χ3v) is 6.75. The van der Waals surface area contributed by atoms with Gasteiger partial charge in [-0.05, 0) is 38.5 Å². The van der Waals surface area contributed by atoms with E-state index < -0.39 is 43.1 Å². The number of nitrogens with zero attached hydrogens (tertiary/aromatic N) is 1. The Hall–Kier alpha value is -2.14. The zero-order valence-corrected chi connectivity index (χ0v) is 19.4. The summed E-state index contributed by atoms with van der Waals surface area (Å²) in [6, 6.07) is 10.4. The van der Waals surface area contributed by atoms with Crippen LogP contribution in [0.2, 0.25) is 0 Å². The molecule has 1 aliphatic heterocycles. The van der Waals surface area contributed by atoms with Crippen molar-refractivity contribution in [1.82, 2.24) is 4.57 Å². The minimum absolute atomic E-state index is 0.0672. The fourth-order valence-electron chi connectivity index (χ4n) is 4.08. The lowest BCUT2D eigenvalue weighted by Gasteiger charge is -2.40. The number of rotatable bonds is 6. The Kier molecular flexibility index (Phi) is 6.99. The largest absolute Gasteiger partial charge is 0.491 e. The number of aryl methyl sites for hydroxylation is 1. The van der Waals surface area contributed by atoms with Crippen LogP contribution in [0.4, 0.5) is 4.39 Å². The first-order valence-corrected chi connectivity index (χ1v) is 11.6. The van der Waals surface area contributed by atoms with Gasteiger partial charge in [-0.1, -0.05) is 30.0 Å². The molecule has 1 saturated heterocycles. The van der Waals surface area contributed by atoms with E-state index in [9.17, 15) is 24.8 Å². The Morgan fingerprint density at radius 2 is 1.85 bits per heavy atom. The standard InChI is InChI=1S/C24H28FNO6S/c1-12(2)31-14-7-8-18(16(25)9-14)33-19-10-26(20-13(3)5-4-6-15(19)20)24-23(30)22(29)21(28)17(11-27)32-24/h4-10,12,17,21-24,27-30H,11H2,1-3H3/t17-,21-,22+,23-,24-/m1/s1. The van der Waals surface area contributed by atoms with E-state index in [0.717, 1.165) is 21.4 Å². The Labute approximate surface area is 195 Å². The number of hydrogen-bond acceptors (Lipinski definition) is 7. The minimum atomic E-state index is -1.50. The third-order valence-electron chi connectivity index (χ3n) is 5.65. The van der Waals surface area contributed by atoms with Crippen molar-refractivity contribution in [3.63, 3.8) is 0 Å². The van der Waals surface area contributed by atoms with Crippen LogP contribution in [0.5, 0.6) is 5.75 Å². The SMILES string of the molecule is Cc1cccc2c(Sc3ccc(OC(C)C)cc3F)cn([C@@H]3O[C@H](CO)[C@@H](O)[C@H](O)[C@H]3O)c12. The van der Waals surface area contributed by atoms with E-state index >= 15 is 0 Å². The van der Waals surface area contributed by atoms with Crippen LogP contribution >= 0.6 is 11.8 Å². The molecule has 2 heterocycles. The normalized spacial score (nSPS) is 25.7. The molecule has 4 N–H and O–H groups in total. The summed E-state index contributed by atoms with van der Waals surface area (Å²) < 4.78 is 27.8. The number of benzene rings is 2. The van der Waals surface area contributed by atoms with Gasteiger partial charge in [0.15, 0.2) is 6.23 Å². The van der Waals surface area contributed by atoms with Crippen LogP contribution in [-0.2, 0) is 4.74 Å². The van der Waals surface area contributed by atoms with Crippen molar-refractivity contribution in [3.05, 3.63) is 54.0 Å². The van der Waals surface area contributed by atoms with E-state index in [0.29, 0.717) is 10.6 Å². The third kappa shape index (κ3) is 4.62. The maximum Gasteiger partial charge on any atom is 0.163 e. The molecular formula is C24H28FNO6S. The van der Waals surface area contributed by atoms with Crippen LogP contribution in [-0.4, -0.2) is 62.1 Å². The Morgan fingerprint density at radius 3 is 2.52 bits per heavy atom. The zero-order valence-electron chi connectivity index (χ0n) is 18.6. The number of aliphatic hydroxyl groups excluding tert-OH is 4. The lowest BCUT2D eigenvalue weighted by molar-refractivity contribution is -0.250. The first-order valence-electron chi connectivity index (χ1n) is 10.8. The summed E-state index contributed by atoms with van der Waals surface area (Å²) in [6.45, 7) is 5.13. The molecule has 4 rings (SSSR count). The fourth-order valence-corrected chi connectivity index (χ4v) is 5.05. The summed E-state index contributed by atoms with van der Waals surface area (Å²) in [5.74, 6) is 0.0333. The van der Waals surface area contributed by atoms with Gasteiger partial charge in [0.05, 0.1) is 18.2 Å². The Bertz CT molecular complexity index is 1130. The van der Waals surface area contributed by atoms with Crippen molar-refractivity contribution >= 4 is 22.7 Å². The second-order valence-corrected chi connectivity index (χ2v) is 9.54. The zero-order chi connectivity index (χ0) is 23.9. The monoisotopic (exact) mass is 477 g/mol. The Balaban J connectivity index is 1.74. The molecule has 9 heteroatoms. The average Bonchev–Trinajstić information content (AvgIpc) is 3.13. The number of fused-ring (bicyclic) bond motifs is 1. The molecule has 0 aliphatic carbocycles. The molecule has 0 saturated carbocycles. The van der Waals surface area contributed by atoms with Crippen molar-refractivity contribution in [2.24, 2.45) is 0 Å². The maximum atomic E-state index is 14.8. The molecule has 0 unspecified atom stereocenters. The highest BCUT2D eigenvalue weighted by Crippen LogP contribution is 2.41. The molecule has 0 spiro atoms. The summed E-state index contributed by atoms with van der Waals surface area (Å²) in [5.41, 5.74) is 1.63. The van der Waals surface area contributed by atoms with Crippen LogP contribution in [0.1, 0.15) is 25.6 Å². The van der Waals surface area contributed by atoms with Crippen molar-refractivity contribution in [1.29, 1.82) is 0 Å². The fraction of sp³-hybridized carbons (Fsp3) is 0.417. The number of aromatic nitrogens is 1. The summed E-state index contributed by atoms with van der Waals surface area (Å²) in [4.78, 5) is 1.13. The molecule has 7 nitrogen and oxygen atoms in total. The van der Waals surface area contributed by atoms with Gasteiger partial charge in [-0.3, -0.25) is 0 Å². The molecule has 0 bridgehead atoms. The first kappa shape index (κ1) is 24.0. The van der Waals surface area contributed by atoms with E-state index in [1.807, 2.05) is 39.0 Å². The summed E-state index contributed by atoms with van der Waals surface area (Å²) in [7, 11) is 0. The highest BCUT2D eigenvalue weighted by Gasteiger charge is 2.44. The highest BCUT2D eigenvalue weighted by molar-refractivity contribution is 7.99. The minimum Gasteiger partial charge on any atom is -0.491 e. The molecular weight excluding hydrogens is 449 g/mol. The second kappa shape index (κ2) is 9.61. The highest BCUT2D eigenvalue weighted by atomic mass is 32.2. The molecule has 1 aliphatic rings. The predicted molar refractivity (Wildman–Crippen MR) is 122 cm³/mol. The van der Waals surface area contributed by atoms with Crippen molar-refractivity contribution in [2.75, 3.05) is 6.61 Å². The quantitative estimate of drug-likeness (QED) is 0.433. The van der Waals surface area contributed by atoms with Gasteiger partial charge in [-0.15, -0.1) is 0 Å². The van der Waals surface area contributed by atoms with Crippen LogP contribution in [0, 0.1) is 12.7 Å². The predicted octanol–water partition coefficient (Wildman–Crippen LogP) is 3.00. The summed E-state index contributed by atoms with van der Waals surface area (Å²) in [6.07, 6.45) is -4.79. The van der Waals surface area contributed by atoms with Gasteiger partial charge in [0, 0.05) is 27.4 Å². The molecule has 33 heavy (non-hydrogen) atoms. The van der Waals surface area contributed by atoms with Crippen molar-refractivity contribution in [2.45, 2.75) is 67.3 Å². The van der Waals surface area contributed by atoms with Gasteiger partial charge < -0.3 is 34.5 Å². The van der Waals surface area contributed by atoms with E-state index in [-0.39, 0.29) is 6.10 Å². The van der Waals surface area contributed by atoms with Crippen LogP contribution in [0.3, 0.4) is 0 Å². The van der Waals surface area contributed by atoms with Crippen molar-refractivity contribution in [3.8, 4) is 5.75 Å². The molecule has 3 aromatic rings. The van der Waals surface area contributed by atoms with E-state index in [1.54, 1.807) is 22.9 Å². The lowest BCUT2D eigenvalue weighted by Crippen LogP contribution is -2.56. The maximum absolute atomic E-state index is 14.8. The Morgan fingerprint density at radius 1 is 1.09 bits per heavy atom. The van der Waals surface area contributed by atoms with Gasteiger partial charge in [-0.2, -0.15) is 0 Å². The molecule has 5 atom stereocenters. The molecule has 0 amide bonds. The van der Waals surface area contributed by atoms with Gasteiger partial charge in [0.1, 0.15) is 36.0 Å². The molecule has 0 radical (unpaired) electrons. The van der Waals surface area contributed by atoms with Gasteiger partial charge >= 0.3 is 0 Å². The smallest absolute Gasteiger partial charge is 0.163 e.